The predicted molar refractivity (Wildman–Crippen MR) is 39.9 cm³/mol. The highest BCUT2D eigenvalue weighted by Gasteiger charge is 2.37. The maximum absolute atomic E-state index is 11.5. The van der Waals surface area contributed by atoms with Crippen molar-refractivity contribution in [2.45, 2.75) is 26.0 Å². The zero-order valence-electron chi connectivity index (χ0n) is 6.75. The molecule has 11 heavy (non-hydrogen) atoms. The monoisotopic (exact) mass is 155 g/mol. The Kier molecular flexibility index (Phi) is 1.60. The van der Waals surface area contributed by atoms with Crippen LogP contribution in [0.15, 0.2) is 0 Å². The molecule has 0 spiro atoms. The van der Waals surface area contributed by atoms with Crippen LogP contribution in [0.2, 0.25) is 0 Å². The van der Waals surface area contributed by atoms with Gasteiger partial charge in [-0.25, -0.2) is 0 Å². The van der Waals surface area contributed by atoms with Crippen LogP contribution in [0.25, 0.3) is 0 Å². The third-order valence-corrected chi connectivity index (χ3v) is 2.34. The second-order valence-electron chi connectivity index (χ2n) is 3.28. The number of ether oxygens (including phenoxy) is 1. The maximum atomic E-state index is 11.5. The van der Waals surface area contributed by atoms with Crippen molar-refractivity contribution in [3.8, 4) is 0 Å². The normalized spacial score (nSPS) is 31.0. The van der Waals surface area contributed by atoms with Gasteiger partial charge in [-0.05, 0) is 19.8 Å². The minimum absolute atomic E-state index is 0.0168. The van der Waals surface area contributed by atoms with E-state index in [2.05, 4.69) is 0 Å². The summed E-state index contributed by atoms with van der Waals surface area (Å²) >= 11 is 0. The van der Waals surface area contributed by atoms with Gasteiger partial charge in [-0.15, -0.1) is 0 Å². The van der Waals surface area contributed by atoms with Crippen LogP contribution in [0.4, 0.5) is 0 Å². The number of nitrogens with zero attached hydrogens (tertiary/aromatic N) is 1. The van der Waals surface area contributed by atoms with E-state index in [-0.39, 0.29) is 6.23 Å². The van der Waals surface area contributed by atoms with Gasteiger partial charge in [0.2, 0.25) is 5.91 Å². The summed E-state index contributed by atoms with van der Waals surface area (Å²) in [6, 6.07) is 0. The topological polar surface area (TPSA) is 29.5 Å². The SMILES string of the molecule is CC1OCCN1C(=O)C1CC1. The van der Waals surface area contributed by atoms with E-state index < -0.39 is 0 Å². The summed E-state index contributed by atoms with van der Waals surface area (Å²) in [6.45, 7) is 3.43. The molecule has 2 aliphatic rings. The van der Waals surface area contributed by atoms with Crippen LogP contribution in [0.5, 0.6) is 0 Å². The molecule has 0 aromatic rings. The van der Waals surface area contributed by atoms with Gasteiger partial charge in [0.05, 0.1) is 6.61 Å². The molecule has 3 heteroatoms. The second kappa shape index (κ2) is 2.48. The number of amides is 1. The van der Waals surface area contributed by atoms with Gasteiger partial charge in [0.1, 0.15) is 6.23 Å². The molecule has 1 saturated carbocycles. The largest absolute Gasteiger partial charge is 0.357 e. The molecule has 1 amide bonds. The number of hydrogen-bond donors (Lipinski definition) is 0. The molecule has 62 valence electrons. The molecule has 3 nitrogen and oxygen atoms in total. The van der Waals surface area contributed by atoms with Crippen LogP contribution in [0, 0.1) is 5.92 Å². The highest BCUT2D eigenvalue weighted by atomic mass is 16.5. The van der Waals surface area contributed by atoms with Gasteiger partial charge in [0, 0.05) is 12.5 Å². The fraction of sp³-hybridized carbons (Fsp3) is 0.875. The van der Waals surface area contributed by atoms with Crippen LogP contribution >= 0.6 is 0 Å². The van der Waals surface area contributed by atoms with Crippen LogP contribution in [0.1, 0.15) is 19.8 Å². The first kappa shape index (κ1) is 7.10. The predicted octanol–water partition coefficient (Wildman–Crippen LogP) is 0.601. The van der Waals surface area contributed by atoms with Crippen LogP contribution in [0.3, 0.4) is 0 Å². The van der Waals surface area contributed by atoms with Crippen molar-refractivity contribution in [2.24, 2.45) is 5.92 Å². The first-order valence-electron chi connectivity index (χ1n) is 4.21. The van der Waals surface area contributed by atoms with Gasteiger partial charge in [-0.3, -0.25) is 4.79 Å². The minimum Gasteiger partial charge on any atom is -0.357 e. The summed E-state index contributed by atoms with van der Waals surface area (Å²) in [5, 5.41) is 0. The molecular formula is C8H13NO2. The molecule has 0 bridgehead atoms. The lowest BCUT2D eigenvalue weighted by molar-refractivity contribution is -0.136. The Labute approximate surface area is 66.3 Å². The third kappa shape index (κ3) is 1.25. The number of hydrogen-bond acceptors (Lipinski definition) is 2. The summed E-state index contributed by atoms with van der Waals surface area (Å²) in [4.78, 5) is 13.3. The van der Waals surface area contributed by atoms with Gasteiger partial charge in [-0.1, -0.05) is 0 Å². The van der Waals surface area contributed by atoms with E-state index in [1.807, 2.05) is 11.8 Å². The summed E-state index contributed by atoms with van der Waals surface area (Å²) in [7, 11) is 0. The summed E-state index contributed by atoms with van der Waals surface area (Å²) < 4.78 is 5.27. The second-order valence-corrected chi connectivity index (χ2v) is 3.28. The van der Waals surface area contributed by atoms with Gasteiger partial charge in [0.15, 0.2) is 0 Å². The molecule has 0 N–H and O–H groups in total. The lowest BCUT2D eigenvalue weighted by atomic mass is 10.3. The highest BCUT2D eigenvalue weighted by molar-refractivity contribution is 5.81. The van der Waals surface area contributed by atoms with Gasteiger partial charge >= 0.3 is 0 Å². The van der Waals surface area contributed by atoms with Crippen molar-refractivity contribution in [1.82, 2.24) is 4.90 Å². The fourth-order valence-corrected chi connectivity index (χ4v) is 1.45. The Morgan fingerprint density at radius 3 is 2.73 bits per heavy atom. The lowest BCUT2D eigenvalue weighted by Gasteiger charge is -2.18. The number of rotatable bonds is 1. The molecule has 1 unspecified atom stereocenters. The molecule has 1 aliphatic heterocycles. The zero-order chi connectivity index (χ0) is 7.84. The molecule has 0 aromatic carbocycles. The zero-order valence-corrected chi connectivity index (χ0v) is 6.75. The Morgan fingerprint density at radius 2 is 2.27 bits per heavy atom. The first-order valence-corrected chi connectivity index (χ1v) is 4.21. The number of carbonyl (C=O) groups is 1. The smallest absolute Gasteiger partial charge is 0.227 e. The quantitative estimate of drug-likeness (QED) is 0.555. The summed E-state index contributed by atoms with van der Waals surface area (Å²) in [6.07, 6.45) is 2.19. The Morgan fingerprint density at radius 1 is 1.55 bits per heavy atom. The van der Waals surface area contributed by atoms with Crippen LogP contribution in [-0.4, -0.2) is 30.2 Å². The van der Waals surface area contributed by atoms with Crippen molar-refractivity contribution in [3.63, 3.8) is 0 Å². The van der Waals surface area contributed by atoms with Crippen molar-refractivity contribution >= 4 is 5.91 Å². The third-order valence-electron chi connectivity index (χ3n) is 2.34. The first-order chi connectivity index (χ1) is 5.29. The summed E-state index contributed by atoms with van der Waals surface area (Å²) in [5.41, 5.74) is 0. The van der Waals surface area contributed by atoms with E-state index >= 15 is 0 Å². The molecule has 2 rings (SSSR count). The molecule has 2 fully saturated rings. The van der Waals surface area contributed by atoms with Crippen LogP contribution < -0.4 is 0 Å². The van der Waals surface area contributed by atoms with Gasteiger partial charge < -0.3 is 9.64 Å². The molecule has 1 heterocycles. The maximum Gasteiger partial charge on any atom is 0.227 e. The lowest BCUT2D eigenvalue weighted by Crippen LogP contribution is -2.35. The van der Waals surface area contributed by atoms with E-state index in [0.29, 0.717) is 18.4 Å². The summed E-state index contributed by atoms with van der Waals surface area (Å²) in [5.74, 6) is 0.633. The molecular weight excluding hydrogens is 142 g/mol. The van der Waals surface area contributed by atoms with Crippen LogP contribution in [-0.2, 0) is 9.53 Å². The minimum atomic E-state index is 0.0168. The van der Waals surface area contributed by atoms with E-state index in [4.69, 9.17) is 4.74 Å². The number of carbonyl (C=O) groups excluding carboxylic acids is 1. The van der Waals surface area contributed by atoms with Crippen molar-refractivity contribution < 1.29 is 9.53 Å². The average Bonchev–Trinajstić information content (AvgIpc) is 2.74. The molecule has 1 aliphatic carbocycles. The van der Waals surface area contributed by atoms with Gasteiger partial charge in [0.25, 0.3) is 0 Å². The van der Waals surface area contributed by atoms with E-state index in [1.165, 1.54) is 0 Å². The molecule has 0 aromatic heterocycles. The molecule has 0 radical (unpaired) electrons. The Hall–Kier alpha value is -0.570. The van der Waals surface area contributed by atoms with E-state index in [9.17, 15) is 4.79 Å². The van der Waals surface area contributed by atoms with Gasteiger partial charge in [-0.2, -0.15) is 0 Å². The van der Waals surface area contributed by atoms with Crippen molar-refractivity contribution in [2.75, 3.05) is 13.2 Å². The molecule has 1 atom stereocenters. The Balaban J connectivity index is 1.96. The average molecular weight is 155 g/mol. The van der Waals surface area contributed by atoms with E-state index in [0.717, 1.165) is 19.4 Å². The van der Waals surface area contributed by atoms with Crippen molar-refractivity contribution in [3.05, 3.63) is 0 Å². The van der Waals surface area contributed by atoms with E-state index in [1.54, 1.807) is 0 Å². The molecule has 1 saturated heterocycles. The fourth-order valence-electron chi connectivity index (χ4n) is 1.45. The highest BCUT2D eigenvalue weighted by Crippen LogP contribution is 2.32. The standard InChI is InChI=1S/C8H13NO2/c1-6-9(4-5-11-6)8(10)7-2-3-7/h6-7H,2-5H2,1H3. The Bertz CT molecular complexity index is 177. The van der Waals surface area contributed by atoms with Crippen molar-refractivity contribution in [1.29, 1.82) is 0 Å².